The number of aryl methyl sites for hydroxylation is 1. The van der Waals surface area contributed by atoms with Crippen LogP contribution in [-0.4, -0.2) is 51.6 Å². The highest BCUT2D eigenvalue weighted by Crippen LogP contribution is 2.11. The Morgan fingerprint density at radius 2 is 2.24 bits per heavy atom. The molecule has 1 amide bonds. The van der Waals surface area contributed by atoms with E-state index in [2.05, 4.69) is 15.3 Å². The molecule has 0 bridgehead atoms. The van der Waals surface area contributed by atoms with Crippen LogP contribution in [0.15, 0.2) is 17.4 Å². The lowest BCUT2D eigenvalue weighted by Gasteiger charge is -2.29. The van der Waals surface area contributed by atoms with Crippen molar-refractivity contribution in [3.63, 3.8) is 0 Å². The Hall–Kier alpha value is -2.05. The zero-order valence-electron chi connectivity index (χ0n) is 13.1. The molecule has 2 heterocycles. The average Bonchev–Trinajstić information content (AvgIpc) is 2.80. The Kier molecular flexibility index (Phi) is 4.50. The van der Waals surface area contributed by atoms with Crippen LogP contribution in [0, 0.1) is 0 Å². The summed E-state index contributed by atoms with van der Waals surface area (Å²) in [4.78, 5) is 22.4. The molecule has 1 aromatic heterocycles. The standard InChI is InChI=1S/C14H23N5O2/c1-14(2,3)21-13(20)19-8-6-15-11(10-19)17-9-12-16-5-7-18(12)4/h5,7H,6,8-10H2,1-4H3,(H,15,17). The number of aromatic nitrogens is 2. The van der Waals surface area contributed by atoms with Crippen LogP contribution >= 0.6 is 0 Å². The Morgan fingerprint density at radius 1 is 1.48 bits per heavy atom. The first-order chi connectivity index (χ1) is 9.85. The van der Waals surface area contributed by atoms with E-state index >= 15 is 0 Å². The third-order valence-corrected chi connectivity index (χ3v) is 3.04. The molecule has 1 aliphatic heterocycles. The monoisotopic (exact) mass is 293 g/mol. The highest BCUT2D eigenvalue weighted by Gasteiger charge is 2.24. The topological polar surface area (TPSA) is 71.8 Å². The summed E-state index contributed by atoms with van der Waals surface area (Å²) in [7, 11) is 1.94. The zero-order valence-corrected chi connectivity index (χ0v) is 13.1. The molecule has 0 spiro atoms. The molecule has 1 N–H and O–H groups in total. The van der Waals surface area contributed by atoms with Gasteiger partial charge in [0.15, 0.2) is 0 Å². The lowest BCUT2D eigenvalue weighted by atomic mass is 10.2. The molecule has 21 heavy (non-hydrogen) atoms. The molecule has 116 valence electrons. The minimum absolute atomic E-state index is 0.298. The van der Waals surface area contributed by atoms with Crippen molar-refractivity contribution in [2.75, 3.05) is 19.6 Å². The number of carbonyl (C=O) groups is 1. The number of amides is 1. The van der Waals surface area contributed by atoms with Crippen molar-refractivity contribution in [3.05, 3.63) is 18.2 Å². The highest BCUT2D eigenvalue weighted by atomic mass is 16.6. The molecule has 2 rings (SSSR count). The number of ether oxygens (including phenoxy) is 1. The molecule has 1 aliphatic rings. The summed E-state index contributed by atoms with van der Waals surface area (Å²) < 4.78 is 7.33. The molecular formula is C14H23N5O2. The normalized spacial score (nSPS) is 15.6. The summed E-state index contributed by atoms with van der Waals surface area (Å²) in [5.74, 6) is 1.71. The second-order valence-corrected chi connectivity index (χ2v) is 6.04. The second-order valence-electron chi connectivity index (χ2n) is 6.04. The van der Waals surface area contributed by atoms with Crippen LogP contribution in [0.3, 0.4) is 0 Å². The van der Waals surface area contributed by atoms with Gasteiger partial charge in [-0.25, -0.2) is 9.78 Å². The molecule has 1 aromatic rings. The van der Waals surface area contributed by atoms with Crippen molar-refractivity contribution < 1.29 is 9.53 Å². The van der Waals surface area contributed by atoms with Crippen LogP contribution in [0.1, 0.15) is 26.6 Å². The number of hydrogen-bond donors (Lipinski definition) is 1. The van der Waals surface area contributed by atoms with Crippen molar-refractivity contribution in [1.82, 2.24) is 19.8 Å². The maximum absolute atomic E-state index is 12.1. The number of hydrogen-bond acceptors (Lipinski definition) is 5. The number of carbonyl (C=O) groups excluding carboxylic acids is 1. The number of nitrogens with zero attached hydrogens (tertiary/aromatic N) is 4. The van der Waals surface area contributed by atoms with Gasteiger partial charge in [0.2, 0.25) is 0 Å². The summed E-state index contributed by atoms with van der Waals surface area (Å²) in [6.07, 6.45) is 3.35. The Balaban J connectivity index is 1.87. The molecule has 7 heteroatoms. The van der Waals surface area contributed by atoms with Gasteiger partial charge in [-0.05, 0) is 20.8 Å². The predicted octanol–water partition coefficient (Wildman–Crippen LogP) is 1.16. The van der Waals surface area contributed by atoms with E-state index < -0.39 is 5.60 Å². The molecule has 0 unspecified atom stereocenters. The zero-order chi connectivity index (χ0) is 15.5. The summed E-state index contributed by atoms with van der Waals surface area (Å²) in [6, 6.07) is 0. The first kappa shape index (κ1) is 15.3. The minimum Gasteiger partial charge on any atom is -0.444 e. The van der Waals surface area contributed by atoms with Gasteiger partial charge < -0.3 is 14.6 Å². The maximum Gasteiger partial charge on any atom is 0.410 e. The van der Waals surface area contributed by atoms with Crippen molar-refractivity contribution in [2.24, 2.45) is 12.0 Å². The van der Waals surface area contributed by atoms with Gasteiger partial charge in [-0.2, -0.15) is 0 Å². The van der Waals surface area contributed by atoms with E-state index in [1.807, 2.05) is 38.6 Å². The fourth-order valence-electron chi connectivity index (χ4n) is 1.96. The summed E-state index contributed by atoms with van der Waals surface area (Å²) >= 11 is 0. The molecule has 7 nitrogen and oxygen atoms in total. The first-order valence-electron chi connectivity index (χ1n) is 7.06. The maximum atomic E-state index is 12.1. The van der Waals surface area contributed by atoms with Crippen LogP contribution < -0.4 is 5.32 Å². The number of rotatable bonds is 2. The van der Waals surface area contributed by atoms with E-state index in [1.165, 1.54) is 0 Å². The molecule has 0 radical (unpaired) electrons. The van der Waals surface area contributed by atoms with Gasteiger partial charge in [0.1, 0.15) is 17.3 Å². The fraction of sp³-hybridized carbons (Fsp3) is 0.643. The molecule has 0 fully saturated rings. The summed E-state index contributed by atoms with van der Waals surface area (Å²) in [6.45, 7) is 7.80. The van der Waals surface area contributed by atoms with Gasteiger partial charge in [-0.3, -0.25) is 9.89 Å². The average molecular weight is 293 g/mol. The summed E-state index contributed by atoms with van der Waals surface area (Å²) in [5, 5.41) is 3.23. The molecule has 0 atom stereocenters. The third kappa shape index (κ3) is 4.47. The van der Waals surface area contributed by atoms with Crippen LogP contribution in [0.5, 0.6) is 0 Å². The lowest BCUT2D eigenvalue weighted by Crippen LogP contribution is -2.47. The van der Waals surface area contributed by atoms with Crippen LogP contribution in [0.4, 0.5) is 4.79 Å². The van der Waals surface area contributed by atoms with Crippen molar-refractivity contribution in [2.45, 2.75) is 32.9 Å². The van der Waals surface area contributed by atoms with Gasteiger partial charge in [0, 0.05) is 26.0 Å². The molecule has 0 aromatic carbocycles. The predicted molar refractivity (Wildman–Crippen MR) is 80.2 cm³/mol. The quantitative estimate of drug-likeness (QED) is 0.888. The Morgan fingerprint density at radius 3 is 2.86 bits per heavy atom. The molecule has 0 aliphatic carbocycles. The number of amidine groups is 1. The fourth-order valence-corrected chi connectivity index (χ4v) is 1.96. The Bertz CT molecular complexity index is 530. The van der Waals surface area contributed by atoms with Gasteiger partial charge >= 0.3 is 6.09 Å². The van der Waals surface area contributed by atoms with E-state index in [4.69, 9.17) is 4.74 Å². The van der Waals surface area contributed by atoms with Crippen molar-refractivity contribution in [1.29, 1.82) is 0 Å². The van der Waals surface area contributed by atoms with Crippen LogP contribution in [0.2, 0.25) is 0 Å². The summed E-state index contributed by atoms with van der Waals surface area (Å²) in [5.41, 5.74) is -0.480. The molecule has 0 saturated heterocycles. The Labute approximate surface area is 125 Å². The van der Waals surface area contributed by atoms with E-state index in [9.17, 15) is 4.79 Å². The highest BCUT2D eigenvalue weighted by molar-refractivity contribution is 5.87. The lowest BCUT2D eigenvalue weighted by molar-refractivity contribution is 0.0276. The van der Waals surface area contributed by atoms with Gasteiger partial charge in [0.25, 0.3) is 0 Å². The van der Waals surface area contributed by atoms with E-state index in [0.717, 1.165) is 11.7 Å². The second kappa shape index (κ2) is 6.15. The van der Waals surface area contributed by atoms with E-state index in [-0.39, 0.29) is 6.09 Å². The number of aliphatic imine (C=N–C) groups is 1. The minimum atomic E-state index is -0.480. The van der Waals surface area contributed by atoms with Crippen LogP contribution in [-0.2, 0) is 18.3 Å². The SMILES string of the molecule is Cn1ccnc1CNC1=NCCN(C(=O)OC(C)(C)C)C1. The number of nitrogens with one attached hydrogen (secondary N) is 1. The van der Waals surface area contributed by atoms with Gasteiger partial charge in [-0.15, -0.1) is 0 Å². The van der Waals surface area contributed by atoms with Gasteiger partial charge in [-0.1, -0.05) is 0 Å². The van der Waals surface area contributed by atoms with Crippen LogP contribution in [0.25, 0.3) is 0 Å². The molecular weight excluding hydrogens is 270 g/mol. The largest absolute Gasteiger partial charge is 0.444 e. The van der Waals surface area contributed by atoms with Crippen molar-refractivity contribution in [3.8, 4) is 0 Å². The van der Waals surface area contributed by atoms with E-state index in [0.29, 0.717) is 26.2 Å². The van der Waals surface area contributed by atoms with Crippen molar-refractivity contribution >= 4 is 11.9 Å². The smallest absolute Gasteiger partial charge is 0.410 e. The van der Waals surface area contributed by atoms with E-state index in [1.54, 1.807) is 11.1 Å². The molecule has 0 saturated carbocycles. The first-order valence-corrected chi connectivity index (χ1v) is 7.06. The van der Waals surface area contributed by atoms with Gasteiger partial charge in [0.05, 0.1) is 19.6 Å². The number of imidazole rings is 1. The third-order valence-electron chi connectivity index (χ3n) is 3.04.